The Hall–Kier alpha value is -4.87. The summed E-state index contributed by atoms with van der Waals surface area (Å²) in [5.74, 6) is -0.736. The molecule has 0 radical (unpaired) electrons. The number of ether oxygens (including phenoxy) is 9. The van der Waals surface area contributed by atoms with Gasteiger partial charge in [-0.2, -0.15) is 0 Å². The molecule has 0 spiro atoms. The van der Waals surface area contributed by atoms with Crippen LogP contribution < -0.4 is 20.3 Å². The van der Waals surface area contributed by atoms with Crippen molar-refractivity contribution in [2.24, 2.45) is 27.1 Å². The van der Waals surface area contributed by atoms with Gasteiger partial charge in [0, 0.05) is 41.2 Å². The maximum atomic E-state index is 12.8. The molecule has 1 aromatic carbocycles. The molecule has 0 unspecified atom stereocenters. The molecular weight excluding hydrogens is 1150 g/mol. The van der Waals surface area contributed by atoms with Crippen molar-refractivity contribution in [2.75, 3.05) is 78.1 Å². The van der Waals surface area contributed by atoms with Gasteiger partial charge >= 0.3 is 18.0 Å². The Balaban J connectivity index is 0.000000179. The topological polar surface area (TPSA) is 269 Å². The normalized spacial score (nSPS) is 28.2. The summed E-state index contributed by atoms with van der Waals surface area (Å²) >= 11 is 0. The van der Waals surface area contributed by atoms with E-state index in [0.717, 1.165) is 67.2 Å². The lowest BCUT2D eigenvalue weighted by Gasteiger charge is -2.57. The van der Waals surface area contributed by atoms with Gasteiger partial charge in [0.15, 0.2) is 16.6 Å². The first-order valence-corrected chi connectivity index (χ1v) is 35.5. The smallest absolute Gasteiger partial charge is 0.417 e. The number of nitrogens with one attached hydrogen (secondary N) is 2. The molecule has 86 heavy (non-hydrogen) atoms. The Kier molecular flexibility index (Phi) is 22.8. The van der Waals surface area contributed by atoms with Crippen LogP contribution >= 0.6 is 0 Å². The predicted molar refractivity (Wildman–Crippen MR) is 321 cm³/mol. The fourth-order valence-electron chi connectivity index (χ4n) is 11.9. The molecule has 23 nitrogen and oxygen atoms in total. The summed E-state index contributed by atoms with van der Waals surface area (Å²) in [6, 6.07) is 13.0. The number of likely N-dealkylation sites (tertiary alicyclic amines) is 1. The van der Waals surface area contributed by atoms with Crippen LogP contribution in [-0.4, -0.2) is 197 Å². The van der Waals surface area contributed by atoms with Crippen LogP contribution in [-0.2, 0) is 80.3 Å². The monoisotopic (exact) mass is 1250 g/mol. The molecule has 9 heterocycles. The van der Waals surface area contributed by atoms with Crippen LogP contribution in [0.25, 0.3) is 0 Å². The number of rotatable bonds is 19. The highest BCUT2D eigenvalue weighted by Gasteiger charge is 2.65. The van der Waals surface area contributed by atoms with Crippen molar-refractivity contribution in [2.45, 2.75) is 201 Å². The zero-order valence-corrected chi connectivity index (χ0v) is 56.0. The molecule has 9 saturated heterocycles. The standard InChI is InChI=1S/C18H33NO5Si.C16H19NO5.C13H25NO3Si.C9H13NO4.C5H8O2/c1-8-25(9-2,10-3)24-13-14(18(7)11-22-12-18)19(15(13)20)16(21)23-17(4,5)6;1-10(18)22-13-14(16(2)8-21-9-16)17(15(13)19)11-4-6-12(20-3)7-5-11;1-5-18(6-2,7-3)17-10-11(14-12(10)15)13(4)8-16-9-13;1-5(11)14-6-7(10-8(6)12)9(2)3-13-4-9;1-5(2-6)3-7-4-5/h13-14H,8-12H2,1-7H3;4-7,13-14H,8-9H2,1-3H3;10-11H,5-9H2,1-4H3,(H,14,15);6-7H,3-4H2,1-2H3,(H,10,12);2H,3-4H2,1H3/t2*13-,14-;10-,11-;6-,7-;/m1111./s1. The number of nitrogens with zero attached hydrogens (tertiary/aromatic N) is 2. The predicted octanol–water partition coefficient (Wildman–Crippen LogP) is 6.52. The third-order valence-electron chi connectivity index (χ3n) is 18.5. The quantitative estimate of drug-likeness (QED) is 0.0490. The number of imide groups is 1. The SMILES string of the molecule is CC(=O)O[C@H]1C(=O)N[C@H]1C1(C)COC1.CC1(C=O)COC1.CC[Si](CC)(CC)O[C@H]1C(=O)N(C(=O)OC(C)(C)C)[C@H]1C1(C)COC1.CC[Si](CC)(CC)O[C@H]1C(=O)N[C@H]1C1(C)COC1.COc1ccc(N2C(=O)[C@H](OC(C)=O)[C@@H]2C2(C)COC2)cc1. The van der Waals surface area contributed by atoms with Crippen molar-refractivity contribution >= 4 is 70.3 Å². The second-order valence-corrected chi connectivity index (χ2v) is 36.4. The number of β-lactam (4-membered cyclic amide) rings is 4. The molecular formula is C61H98N4O19Si2. The summed E-state index contributed by atoms with van der Waals surface area (Å²) in [7, 11) is -2.06. The van der Waals surface area contributed by atoms with Gasteiger partial charge in [0.25, 0.3) is 17.7 Å². The highest BCUT2D eigenvalue weighted by atomic mass is 28.4. The third kappa shape index (κ3) is 15.1. The lowest BCUT2D eigenvalue weighted by molar-refractivity contribution is -0.205. The van der Waals surface area contributed by atoms with Gasteiger partial charge in [-0.3, -0.25) is 28.8 Å². The Morgan fingerprint density at radius 2 is 0.953 bits per heavy atom. The van der Waals surface area contributed by atoms with Crippen molar-refractivity contribution in [3.63, 3.8) is 0 Å². The van der Waals surface area contributed by atoms with Crippen LogP contribution in [0, 0.1) is 27.1 Å². The Morgan fingerprint density at radius 3 is 1.27 bits per heavy atom. The Morgan fingerprint density at radius 1 is 0.570 bits per heavy atom. The molecule has 5 amide bonds. The minimum absolute atomic E-state index is 0.0698. The molecule has 8 atom stereocenters. The van der Waals surface area contributed by atoms with E-state index in [9.17, 15) is 38.4 Å². The van der Waals surface area contributed by atoms with Gasteiger partial charge in [0.2, 0.25) is 18.1 Å². The lowest BCUT2D eigenvalue weighted by Crippen LogP contribution is -2.77. The van der Waals surface area contributed by atoms with E-state index in [2.05, 4.69) is 66.0 Å². The molecule has 0 saturated carbocycles. The van der Waals surface area contributed by atoms with E-state index >= 15 is 0 Å². The first-order valence-electron chi connectivity index (χ1n) is 30.5. The van der Waals surface area contributed by atoms with Crippen molar-refractivity contribution in [3.8, 4) is 5.75 Å². The third-order valence-corrected chi connectivity index (χ3v) is 27.7. The fourth-order valence-corrected chi connectivity index (χ4v) is 17.4. The van der Waals surface area contributed by atoms with Crippen molar-refractivity contribution in [3.05, 3.63) is 24.3 Å². The molecule has 0 aliphatic carbocycles. The summed E-state index contributed by atoms with van der Waals surface area (Å²) in [5, 5.41) is 5.75. The van der Waals surface area contributed by atoms with E-state index < -0.39 is 58.6 Å². The fraction of sp³-hybridized carbons (Fsp3) is 0.770. The van der Waals surface area contributed by atoms with Crippen molar-refractivity contribution in [1.82, 2.24) is 15.5 Å². The van der Waals surface area contributed by atoms with E-state index in [1.54, 1.807) is 44.9 Å². The Bertz CT molecular complexity index is 2550. The second-order valence-electron chi connectivity index (χ2n) is 26.9. The van der Waals surface area contributed by atoms with E-state index in [0.29, 0.717) is 52.9 Å². The molecule has 2 N–H and O–H groups in total. The number of esters is 2. The molecule has 9 fully saturated rings. The molecule has 1 aromatic rings. The number of carbonyl (C=O) groups is 8. The van der Waals surface area contributed by atoms with E-state index in [-0.39, 0.29) is 81.0 Å². The van der Waals surface area contributed by atoms with Crippen LogP contribution in [0.15, 0.2) is 24.3 Å². The van der Waals surface area contributed by atoms with Crippen molar-refractivity contribution < 1.29 is 89.8 Å². The summed E-state index contributed by atoms with van der Waals surface area (Å²) in [6.45, 7) is 37.2. The molecule has 9 aliphatic heterocycles. The average Bonchev–Trinajstić information content (AvgIpc) is 0.747. The summed E-state index contributed by atoms with van der Waals surface area (Å²) < 4.78 is 59.4. The molecule has 0 bridgehead atoms. The largest absolute Gasteiger partial charge is 0.497 e. The maximum absolute atomic E-state index is 12.8. The number of amides is 5. The van der Waals surface area contributed by atoms with Crippen LogP contribution in [0.5, 0.6) is 5.75 Å². The first kappa shape index (κ1) is 70.2. The highest BCUT2D eigenvalue weighted by molar-refractivity contribution is 6.74. The van der Waals surface area contributed by atoms with Crippen LogP contribution in [0.1, 0.15) is 111 Å². The summed E-state index contributed by atoms with van der Waals surface area (Å²) in [4.78, 5) is 95.7. The van der Waals surface area contributed by atoms with Gasteiger partial charge in [-0.05, 0) is 88.2 Å². The first-order chi connectivity index (χ1) is 40.3. The van der Waals surface area contributed by atoms with Gasteiger partial charge in [0.05, 0.1) is 103 Å². The molecule has 484 valence electrons. The van der Waals surface area contributed by atoms with Gasteiger partial charge < -0.3 is 71.8 Å². The number of carbonyl (C=O) groups excluding carboxylic acids is 8. The molecule has 10 rings (SSSR count). The highest BCUT2D eigenvalue weighted by Crippen LogP contribution is 2.47. The maximum Gasteiger partial charge on any atom is 0.417 e. The van der Waals surface area contributed by atoms with Crippen molar-refractivity contribution in [1.29, 1.82) is 0 Å². The number of methoxy groups -OCH3 is 1. The lowest BCUT2D eigenvalue weighted by atomic mass is 9.72. The second kappa shape index (κ2) is 27.9. The Labute approximate surface area is 510 Å². The molecule has 25 heteroatoms. The number of anilines is 1. The number of hydrogen-bond acceptors (Lipinski definition) is 19. The van der Waals surface area contributed by atoms with Crippen LogP contribution in [0.2, 0.25) is 36.3 Å². The van der Waals surface area contributed by atoms with E-state index in [1.807, 2.05) is 32.9 Å². The number of benzene rings is 1. The summed E-state index contributed by atoms with van der Waals surface area (Å²) in [6.07, 6.45) is -1.75. The average molecular weight is 1250 g/mol. The van der Waals surface area contributed by atoms with Gasteiger partial charge in [0.1, 0.15) is 29.8 Å². The number of hydrogen-bond donors (Lipinski definition) is 2. The van der Waals surface area contributed by atoms with E-state index in [4.69, 9.17) is 51.5 Å². The van der Waals surface area contributed by atoms with Gasteiger partial charge in [-0.1, -0.05) is 69.2 Å². The van der Waals surface area contributed by atoms with Gasteiger partial charge in [-0.25, -0.2) is 9.69 Å². The molecule has 9 aliphatic rings. The van der Waals surface area contributed by atoms with Gasteiger partial charge in [-0.15, -0.1) is 0 Å². The summed E-state index contributed by atoms with van der Waals surface area (Å²) in [5.41, 5.74) is -0.465. The zero-order valence-electron chi connectivity index (χ0n) is 54.0. The minimum atomic E-state index is -1.95. The number of aldehydes is 1. The molecule has 0 aromatic heterocycles. The zero-order chi connectivity index (χ0) is 64.0. The minimum Gasteiger partial charge on any atom is -0.497 e. The van der Waals surface area contributed by atoms with Crippen LogP contribution in [0.3, 0.4) is 0 Å². The van der Waals surface area contributed by atoms with E-state index in [1.165, 1.54) is 18.7 Å². The van der Waals surface area contributed by atoms with Crippen LogP contribution in [0.4, 0.5) is 10.5 Å².